The number of anilines is 2. The molecule has 11 heteroatoms. The molecule has 0 bridgehead atoms. The van der Waals surface area contributed by atoms with Crippen LogP contribution in [0, 0.1) is 0 Å². The Kier molecular flexibility index (Phi) is 4.95. The van der Waals surface area contributed by atoms with E-state index in [9.17, 15) is 18.0 Å². The molecule has 3 heterocycles. The summed E-state index contributed by atoms with van der Waals surface area (Å²) in [5.41, 5.74) is 0.216. The molecule has 1 amide bonds. The van der Waals surface area contributed by atoms with Crippen LogP contribution in [-0.2, 0) is 0 Å². The predicted octanol–water partition coefficient (Wildman–Crippen LogP) is 5.70. The van der Waals surface area contributed by atoms with E-state index >= 15 is 0 Å². The molecule has 0 aliphatic carbocycles. The smallest absolute Gasteiger partial charge is 0.410 e. The monoisotopic (exact) mass is 444 g/mol. The van der Waals surface area contributed by atoms with Crippen molar-refractivity contribution in [3.63, 3.8) is 0 Å². The Labute approximate surface area is 172 Å². The van der Waals surface area contributed by atoms with E-state index in [0.717, 1.165) is 10.9 Å². The maximum atomic E-state index is 13.6. The number of carbonyl (C=O) groups is 1. The summed E-state index contributed by atoms with van der Waals surface area (Å²) < 4.78 is 46.9. The van der Waals surface area contributed by atoms with E-state index in [1.54, 1.807) is 12.1 Å². The fourth-order valence-electron chi connectivity index (χ4n) is 3.19. The molecule has 1 aliphatic heterocycles. The topological polar surface area (TPSA) is 72.1 Å². The zero-order valence-electron chi connectivity index (χ0n) is 14.5. The van der Waals surface area contributed by atoms with Crippen LogP contribution in [0.3, 0.4) is 0 Å². The Morgan fingerprint density at radius 2 is 2.10 bits per heavy atom. The van der Waals surface area contributed by atoms with E-state index in [4.69, 9.17) is 27.6 Å². The molecule has 4 rings (SSSR count). The highest BCUT2D eigenvalue weighted by atomic mass is 35.5. The number of furan rings is 1. The van der Waals surface area contributed by atoms with Crippen molar-refractivity contribution in [3.05, 3.63) is 64.2 Å². The summed E-state index contributed by atoms with van der Waals surface area (Å²) in [5, 5.41) is 9.88. The van der Waals surface area contributed by atoms with E-state index in [0.29, 0.717) is 10.8 Å². The molecule has 0 saturated carbocycles. The van der Waals surface area contributed by atoms with Crippen molar-refractivity contribution in [2.75, 3.05) is 10.6 Å². The molecule has 0 fully saturated rings. The number of aromatic nitrogens is 2. The van der Waals surface area contributed by atoms with Crippen LogP contribution in [-0.4, -0.2) is 21.9 Å². The minimum absolute atomic E-state index is 0.0532. The first kappa shape index (κ1) is 19.7. The van der Waals surface area contributed by atoms with Crippen LogP contribution >= 0.6 is 23.2 Å². The van der Waals surface area contributed by atoms with E-state index in [2.05, 4.69) is 15.7 Å². The molecule has 1 aromatic carbocycles. The van der Waals surface area contributed by atoms with Crippen LogP contribution in [0.1, 0.15) is 34.6 Å². The first-order valence-corrected chi connectivity index (χ1v) is 9.20. The number of nitrogens with one attached hydrogen (secondary N) is 2. The molecule has 2 aromatic heterocycles. The number of benzene rings is 1. The lowest BCUT2D eigenvalue weighted by atomic mass is 10.0. The van der Waals surface area contributed by atoms with Crippen LogP contribution < -0.4 is 10.6 Å². The van der Waals surface area contributed by atoms with Gasteiger partial charge >= 0.3 is 6.18 Å². The van der Waals surface area contributed by atoms with Gasteiger partial charge in [-0.1, -0.05) is 23.2 Å². The van der Waals surface area contributed by atoms with Crippen molar-refractivity contribution in [1.29, 1.82) is 0 Å². The Hall–Kier alpha value is -2.65. The van der Waals surface area contributed by atoms with E-state index in [1.165, 1.54) is 24.5 Å². The number of amides is 1. The van der Waals surface area contributed by atoms with Gasteiger partial charge in [0.05, 0.1) is 29.2 Å². The van der Waals surface area contributed by atoms with Gasteiger partial charge in [0.1, 0.15) is 17.1 Å². The molecule has 29 heavy (non-hydrogen) atoms. The summed E-state index contributed by atoms with van der Waals surface area (Å²) in [7, 11) is 0. The summed E-state index contributed by atoms with van der Waals surface area (Å²) in [5.74, 6) is -0.384. The van der Waals surface area contributed by atoms with Crippen LogP contribution in [0.25, 0.3) is 0 Å². The number of halogens is 5. The second-order valence-corrected chi connectivity index (χ2v) is 7.28. The number of alkyl halides is 3. The number of carbonyl (C=O) groups excluding carboxylic acids is 1. The van der Waals surface area contributed by atoms with Crippen LogP contribution in [0.4, 0.5) is 24.7 Å². The molecule has 152 valence electrons. The predicted molar refractivity (Wildman–Crippen MR) is 101 cm³/mol. The second-order valence-electron chi connectivity index (χ2n) is 6.44. The third kappa shape index (κ3) is 3.79. The van der Waals surface area contributed by atoms with Gasteiger partial charge in [-0.3, -0.25) is 4.79 Å². The summed E-state index contributed by atoms with van der Waals surface area (Å²) in [6, 6.07) is 4.95. The first-order chi connectivity index (χ1) is 13.7. The molecular weight excluding hydrogens is 432 g/mol. The van der Waals surface area contributed by atoms with Crippen molar-refractivity contribution < 1.29 is 22.4 Å². The quantitative estimate of drug-likeness (QED) is 0.543. The fraction of sp³-hybridized carbons (Fsp3) is 0.222. The molecule has 3 aromatic rings. The molecule has 1 aliphatic rings. The number of hydrogen-bond acceptors (Lipinski definition) is 4. The van der Waals surface area contributed by atoms with Crippen LogP contribution in [0.5, 0.6) is 0 Å². The van der Waals surface area contributed by atoms with Crippen LogP contribution in [0.2, 0.25) is 10.0 Å². The van der Waals surface area contributed by atoms with Crippen molar-refractivity contribution in [2.24, 2.45) is 0 Å². The van der Waals surface area contributed by atoms with Crippen molar-refractivity contribution in [3.8, 4) is 0 Å². The summed E-state index contributed by atoms with van der Waals surface area (Å²) >= 11 is 11.9. The highest BCUT2D eigenvalue weighted by molar-refractivity contribution is 6.36. The Morgan fingerprint density at radius 3 is 2.76 bits per heavy atom. The maximum absolute atomic E-state index is 13.6. The average molecular weight is 445 g/mol. The minimum Gasteiger partial charge on any atom is -0.467 e. The zero-order chi connectivity index (χ0) is 20.8. The summed E-state index contributed by atoms with van der Waals surface area (Å²) in [6.07, 6.45) is -2.41. The molecule has 0 unspecified atom stereocenters. The normalized spacial score (nSPS) is 18.8. The summed E-state index contributed by atoms with van der Waals surface area (Å²) in [4.78, 5) is 12.7. The molecule has 0 spiro atoms. The molecule has 6 nitrogen and oxygen atoms in total. The molecule has 2 N–H and O–H groups in total. The van der Waals surface area contributed by atoms with E-state index in [1.807, 2.05) is 0 Å². The van der Waals surface area contributed by atoms with Gasteiger partial charge in [-0.15, -0.1) is 0 Å². The van der Waals surface area contributed by atoms with Crippen molar-refractivity contribution in [2.45, 2.75) is 24.7 Å². The lowest BCUT2D eigenvalue weighted by Crippen LogP contribution is -2.36. The molecular formula is C18H13Cl2F3N4O2. The number of rotatable bonds is 3. The second kappa shape index (κ2) is 7.31. The van der Waals surface area contributed by atoms with Crippen molar-refractivity contribution >= 4 is 40.6 Å². The number of hydrogen-bond donors (Lipinski definition) is 2. The third-order valence-electron chi connectivity index (χ3n) is 4.55. The standard InChI is InChI=1S/C18H13Cl2F3N4O2/c19-9-3-4-12(11(20)6-9)26-17(28)10-8-24-27-15(18(21,22)23)7-13(25-16(10)27)14-2-1-5-29-14/h1-6,8,13,15,25H,7H2,(H,26,28)/t13-,15+/m0/s1. The van der Waals surface area contributed by atoms with Gasteiger partial charge in [0.25, 0.3) is 5.91 Å². The third-order valence-corrected chi connectivity index (χ3v) is 5.10. The average Bonchev–Trinajstić information content (AvgIpc) is 3.31. The molecule has 0 radical (unpaired) electrons. The highest BCUT2D eigenvalue weighted by Gasteiger charge is 2.47. The van der Waals surface area contributed by atoms with Gasteiger partial charge in [-0.25, -0.2) is 4.68 Å². The number of nitrogens with zero attached hydrogens (tertiary/aromatic N) is 2. The lowest BCUT2D eigenvalue weighted by Gasteiger charge is -2.32. The van der Waals surface area contributed by atoms with Gasteiger partial charge in [0, 0.05) is 11.4 Å². The van der Waals surface area contributed by atoms with E-state index < -0.39 is 24.2 Å². The first-order valence-electron chi connectivity index (χ1n) is 8.44. The largest absolute Gasteiger partial charge is 0.467 e. The number of fused-ring (bicyclic) bond motifs is 1. The zero-order valence-corrected chi connectivity index (χ0v) is 16.0. The SMILES string of the molecule is O=C(Nc1ccc(Cl)cc1Cl)c1cnn2c1N[C@H](c1ccco1)C[C@@H]2C(F)(F)F. The van der Waals surface area contributed by atoms with Gasteiger partial charge < -0.3 is 15.1 Å². The Morgan fingerprint density at radius 1 is 1.31 bits per heavy atom. The van der Waals surface area contributed by atoms with Crippen LogP contribution in [0.15, 0.2) is 47.2 Å². The Balaban J connectivity index is 1.69. The molecule has 2 atom stereocenters. The fourth-order valence-corrected chi connectivity index (χ4v) is 3.64. The minimum atomic E-state index is -4.55. The van der Waals surface area contributed by atoms with Gasteiger partial charge in [0.15, 0.2) is 6.04 Å². The highest BCUT2D eigenvalue weighted by Crippen LogP contribution is 2.44. The van der Waals surface area contributed by atoms with Gasteiger partial charge in [-0.05, 0) is 30.3 Å². The summed E-state index contributed by atoms with van der Waals surface area (Å²) in [6.45, 7) is 0. The maximum Gasteiger partial charge on any atom is 0.410 e. The lowest BCUT2D eigenvalue weighted by molar-refractivity contribution is -0.174. The van der Waals surface area contributed by atoms with Gasteiger partial charge in [-0.2, -0.15) is 18.3 Å². The Bertz CT molecular complexity index is 1050. The van der Waals surface area contributed by atoms with Crippen molar-refractivity contribution in [1.82, 2.24) is 9.78 Å². The van der Waals surface area contributed by atoms with E-state index in [-0.39, 0.29) is 28.5 Å². The van der Waals surface area contributed by atoms with Gasteiger partial charge in [0.2, 0.25) is 0 Å². The molecule has 0 saturated heterocycles.